The molecule has 184 valence electrons. The van der Waals surface area contributed by atoms with Crippen LogP contribution in [0.4, 0.5) is 5.69 Å². The van der Waals surface area contributed by atoms with Crippen LogP contribution in [0, 0.1) is 13.8 Å². The summed E-state index contributed by atoms with van der Waals surface area (Å²) < 4.78 is 0. The molecule has 0 aliphatic carbocycles. The van der Waals surface area contributed by atoms with Gasteiger partial charge in [-0.3, -0.25) is 24.1 Å². The largest absolute Gasteiger partial charge is 0.325 e. The fourth-order valence-corrected chi connectivity index (χ4v) is 4.69. The van der Waals surface area contributed by atoms with Crippen LogP contribution < -0.4 is 5.32 Å². The van der Waals surface area contributed by atoms with Crippen molar-refractivity contribution >= 4 is 29.3 Å². The molecule has 0 saturated heterocycles. The van der Waals surface area contributed by atoms with Gasteiger partial charge in [0.1, 0.15) is 12.1 Å². The summed E-state index contributed by atoms with van der Waals surface area (Å²) in [4.78, 5) is 56.0. The quantitative estimate of drug-likeness (QED) is 0.501. The van der Waals surface area contributed by atoms with Gasteiger partial charge in [0.15, 0.2) is 0 Å². The van der Waals surface area contributed by atoms with Crippen LogP contribution in [0.2, 0.25) is 0 Å². The Labute approximate surface area is 210 Å². The maximum absolute atomic E-state index is 13.8. The molecule has 0 bridgehead atoms. The van der Waals surface area contributed by atoms with Crippen molar-refractivity contribution in [2.45, 2.75) is 39.8 Å². The number of carbonyl (C=O) groups excluding carboxylic acids is 4. The van der Waals surface area contributed by atoms with E-state index >= 15 is 0 Å². The molecule has 2 atom stereocenters. The van der Waals surface area contributed by atoms with E-state index in [2.05, 4.69) is 5.32 Å². The summed E-state index contributed by atoms with van der Waals surface area (Å²) in [5, 5.41) is 3.01. The highest BCUT2D eigenvalue weighted by Gasteiger charge is 2.43. The Kier molecular flexibility index (Phi) is 7.01. The highest BCUT2D eigenvalue weighted by atomic mass is 16.2. The van der Waals surface area contributed by atoms with Crippen molar-refractivity contribution in [2.75, 3.05) is 11.9 Å². The number of aryl methyl sites for hydroxylation is 2. The number of para-hydroxylation sites is 1. The highest BCUT2D eigenvalue weighted by Crippen LogP contribution is 2.29. The molecule has 1 heterocycles. The van der Waals surface area contributed by atoms with Crippen molar-refractivity contribution in [3.63, 3.8) is 0 Å². The van der Waals surface area contributed by atoms with Crippen LogP contribution in [0.25, 0.3) is 0 Å². The number of imide groups is 1. The average Bonchev–Trinajstić information content (AvgIpc) is 3.14. The fourth-order valence-electron chi connectivity index (χ4n) is 4.69. The molecule has 36 heavy (non-hydrogen) atoms. The molecule has 0 aromatic heterocycles. The smallest absolute Gasteiger partial charge is 0.262 e. The summed E-state index contributed by atoms with van der Waals surface area (Å²) >= 11 is 0. The fraction of sp³-hybridized carbons (Fsp3) is 0.241. The molecule has 0 spiro atoms. The van der Waals surface area contributed by atoms with Crippen LogP contribution in [-0.4, -0.2) is 46.0 Å². The van der Waals surface area contributed by atoms with Gasteiger partial charge < -0.3 is 10.2 Å². The molecule has 1 aliphatic heterocycles. The lowest BCUT2D eigenvalue weighted by Gasteiger charge is -2.34. The van der Waals surface area contributed by atoms with Gasteiger partial charge in [-0.15, -0.1) is 0 Å². The van der Waals surface area contributed by atoms with E-state index in [-0.39, 0.29) is 23.6 Å². The Morgan fingerprint density at radius 2 is 1.36 bits per heavy atom. The van der Waals surface area contributed by atoms with E-state index < -0.39 is 29.8 Å². The van der Waals surface area contributed by atoms with Crippen LogP contribution in [0.5, 0.6) is 0 Å². The second-order valence-corrected chi connectivity index (χ2v) is 8.90. The van der Waals surface area contributed by atoms with Crippen LogP contribution in [0.3, 0.4) is 0 Å². The predicted octanol–water partition coefficient (Wildman–Crippen LogP) is 4.52. The third-order valence-electron chi connectivity index (χ3n) is 6.60. The minimum Gasteiger partial charge on any atom is -0.325 e. The Hall–Kier alpha value is -4.26. The number of anilines is 1. The van der Waals surface area contributed by atoms with Gasteiger partial charge in [0.25, 0.3) is 17.7 Å². The van der Waals surface area contributed by atoms with Gasteiger partial charge in [-0.05, 0) is 56.5 Å². The number of amides is 4. The molecular formula is C29H29N3O4. The molecule has 7 heteroatoms. The molecule has 4 amide bonds. The van der Waals surface area contributed by atoms with Gasteiger partial charge in [0.05, 0.1) is 11.1 Å². The second kappa shape index (κ2) is 10.2. The third-order valence-corrected chi connectivity index (χ3v) is 6.60. The average molecular weight is 484 g/mol. The standard InChI is InChI=1S/C29H29N3O4/c1-5-31(27(34)20(4)32-28(35)22-16-9-10-17-23(22)29(32)36)25(21-14-7-6-8-15-21)26(33)30-24-18(2)12-11-13-19(24)3/h6-17,20,25H,5H2,1-4H3,(H,30,33). The molecule has 3 aromatic carbocycles. The van der Waals surface area contributed by atoms with Gasteiger partial charge in [-0.1, -0.05) is 60.7 Å². The van der Waals surface area contributed by atoms with Crippen molar-refractivity contribution in [3.05, 3.63) is 101 Å². The lowest BCUT2D eigenvalue weighted by Crippen LogP contribution is -2.52. The number of fused-ring (bicyclic) bond motifs is 1. The highest BCUT2D eigenvalue weighted by molar-refractivity contribution is 6.22. The SMILES string of the molecule is CCN(C(=O)C(C)N1C(=O)c2ccccc2C1=O)C(C(=O)Nc1c(C)cccc1C)c1ccccc1. The summed E-state index contributed by atoms with van der Waals surface area (Å²) in [6, 6.07) is 19.2. The van der Waals surface area contributed by atoms with E-state index in [0.717, 1.165) is 16.0 Å². The van der Waals surface area contributed by atoms with Crippen molar-refractivity contribution < 1.29 is 19.2 Å². The first-order chi connectivity index (χ1) is 17.3. The van der Waals surface area contributed by atoms with Gasteiger partial charge >= 0.3 is 0 Å². The predicted molar refractivity (Wildman–Crippen MR) is 138 cm³/mol. The topological polar surface area (TPSA) is 86.8 Å². The second-order valence-electron chi connectivity index (χ2n) is 8.90. The van der Waals surface area contributed by atoms with Crippen molar-refractivity contribution in [3.8, 4) is 0 Å². The summed E-state index contributed by atoms with van der Waals surface area (Å²) in [6.45, 7) is 7.32. The van der Waals surface area contributed by atoms with E-state index in [9.17, 15) is 19.2 Å². The first kappa shape index (κ1) is 24.9. The first-order valence-corrected chi connectivity index (χ1v) is 12.0. The Morgan fingerprint density at radius 1 is 0.833 bits per heavy atom. The van der Waals surface area contributed by atoms with Crippen LogP contribution in [-0.2, 0) is 9.59 Å². The van der Waals surface area contributed by atoms with Crippen molar-refractivity contribution in [2.24, 2.45) is 0 Å². The molecule has 0 radical (unpaired) electrons. The number of nitrogens with zero attached hydrogens (tertiary/aromatic N) is 2. The van der Waals surface area contributed by atoms with E-state index in [4.69, 9.17) is 0 Å². The molecule has 1 N–H and O–H groups in total. The summed E-state index contributed by atoms with van der Waals surface area (Å²) in [5.74, 6) is -1.88. The van der Waals surface area contributed by atoms with Gasteiger partial charge in [-0.2, -0.15) is 0 Å². The molecule has 1 aliphatic rings. The molecular weight excluding hydrogens is 454 g/mol. The van der Waals surface area contributed by atoms with E-state index in [0.29, 0.717) is 11.3 Å². The molecule has 0 fully saturated rings. The summed E-state index contributed by atoms with van der Waals surface area (Å²) in [5.41, 5.74) is 3.69. The van der Waals surface area contributed by atoms with Gasteiger partial charge in [0, 0.05) is 12.2 Å². The molecule has 7 nitrogen and oxygen atoms in total. The van der Waals surface area contributed by atoms with E-state index in [1.54, 1.807) is 55.5 Å². The van der Waals surface area contributed by atoms with Crippen LogP contribution in [0.1, 0.15) is 57.3 Å². The Balaban J connectivity index is 1.68. The van der Waals surface area contributed by atoms with E-state index in [1.807, 2.05) is 38.1 Å². The third kappa shape index (κ3) is 4.40. The number of hydrogen-bond donors (Lipinski definition) is 1. The maximum Gasteiger partial charge on any atom is 0.262 e. The van der Waals surface area contributed by atoms with Crippen molar-refractivity contribution in [1.29, 1.82) is 0 Å². The maximum atomic E-state index is 13.8. The molecule has 3 aromatic rings. The minimum atomic E-state index is -1.09. The molecule has 4 rings (SSSR count). The molecule has 2 unspecified atom stereocenters. The summed E-state index contributed by atoms with van der Waals surface area (Å²) in [7, 11) is 0. The van der Waals surface area contributed by atoms with E-state index in [1.165, 1.54) is 11.8 Å². The number of hydrogen-bond acceptors (Lipinski definition) is 4. The Morgan fingerprint density at radius 3 is 1.89 bits per heavy atom. The normalized spacial score (nSPS) is 14.3. The number of nitrogens with one attached hydrogen (secondary N) is 1. The Bertz CT molecular complexity index is 1280. The van der Waals surface area contributed by atoms with Crippen LogP contribution >= 0.6 is 0 Å². The minimum absolute atomic E-state index is 0.200. The monoisotopic (exact) mass is 483 g/mol. The zero-order valence-electron chi connectivity index (χ0n) is 20.8. The zero-order chi connectivity index (χ0) is 26.0. The zero-order valence-corrected chi connectivity index (χ0v) is 20.8. The van der Waals surface area contributed by atoms with Gasteiger partial charge in [-0.25, -0.2) is 0 Å². The first-order valence-electron chi connectivity index (χ1n) is 12.0. The number of carbonyl (C=O) groups is 4. The van der Waals surface area contributed by atoms with Crippen molar-refractivity contribution in [1.82, 2.24) is 9.80 Å². The summed E-state index contributed by atoms with van der Waals surface area (Å²) in [6.07, 6.45) is 0. The lowest BCUT2D eigenvalue weighted by molar-refractivity contribution is -0.141. The lowest BCUT2D eigenvalue weighted by atomic mass is 10.0. The number of likely N-dealkylation sites (N-methyl/N-ethyl adjacent to an activating group) is 1. The number of rotatable bonds is 7. The van der Waals surface area contributed by atoms with Gasteiger partial charge in [0.2, 0.25) is 5.91 Å². The molecule has 0 saturated carbocycles. The number of benzene rings is 3. The van der Waals surface area contributed by atoms with Crippen LogP contribution in [0.15, 0.2) is 72.8 Å².